The molecule has 0 bridgehead atoms. The van der Waals surface area contributed by atoms with Crippen LogP contribution in [-0.2, 0) is 4.79 Å². The summed E-state index contributed by atoms with van der Waals surface area (Å²) in [6.45, 7) is 6.31. The molecule has 0 spiro atoms. The number of amides is 2. The van der Waals surface area contributed by atoms with E-state index >= 15 is 0 Å². The van der Waals surface area contributed by atoms with Gasteiger partial charge in [0.25, 0.3) is 5.91 Å². The molecule has 2 amide bonds. The minimum atomic E-state index is 0.0232. The van der Waals surface area contributed by atoms with E-state index in [1.165, 1.54) is 11.3 Å². The van der Waals surface area contributed by atoms with E-state index in [-0.39, 0.29) is 17.7 Å². The Hall–Kier alpha value is -0.880. The highest BCUT2D eigenvalue weighted by molar-refractivity contribution is 9.11. The summed E-state index contributed by atoms with van der Waals surface area (Å²) < 4.78 is 0.962. The van der Waals surface area contributed by atoms with Gasteiger partial charge in [0.1, 0.15) is 0 Å². The molecule has 0 unspecified atom stereocenters. The molecule has 1 aliphatic rings. The van der Waals surface area contributed by atoms with Gasteiger partial charge in [-0.2, -0.15) is 0 Å². The van der Waals surface area contributed by atoms with Crippen molar-refractivity contribution in [2.24, 2.45) is 5.92 Å². The van der Waals surface area contributed by atoms with Gasteiger partial charge in [-0.15, -0.1) is 11.3 Å². The zero-order chi connectivity index (χ0) is 14.0. The molecule has 0 saturated carbocycles. The molecule has 19 heavy (non-hydrogen) atoms. The molecule has 1 aromatic heterocycles. The van der Waals surface area contributed by atoms with Crippen molar-refractivity contribution in [1.29, 1.82) is 0 Å². The number of halogens is 1. The first-order valence-corrected chi connectivity index (χ1v) is 7.98. The van der Waals surface area contributed by atoms with Crippen LogP contribution < -0.4 is 0 Å². The smallest absolute Gasteiger partial charge is 0.254 e. The summed E-state index contributed by atoms with van der Waals surface area (Å²) in [4.78, 5) is 27.8. The average molecular weight is 345 g/mol. The number of hydrogen-bond donors (Lipinski definition) is 0. The molecule has 1 saturated heterocycles. The van der Waals surface area contributed by atoms with E-state index in [9.17, 15) is 9.59 Å². The van der Waals surface area contributed by atoms with Gasteiger partial charge in [-0.25, -0.2) is 0 Å². The molecule has 1 aliphatic heterocycles. The third kappa shape index (κ3) is 3.36. The molecule has 0 aliphatic carbocycles. The molecule has 0 aromatic carbocycles. The summed E-state index contributed by atoms with van der Waals surface area (Å²) in [6, 6.07) is 1.85. The van der Waals surface area contributed by atoms with Crippen molar-refractivity contribution < 1.29 is 9.59 Å². The molecule has 104 valence electrons. The Morgan fingerprint density at radius 2 is 1.79 bits per heavy atom. The van der Waals surface area contributed by atoms with Crippen LogP contribution in [0, 0.1) is 5.92 Å². The third-order valence-corrected chi connectivity index (χ3v) is 4.69. The summed E-state index contributed by atoms with van der Waals surface area (Å²) in [5.41, 5.74) is 0.723. The van der Waals surface area contributed by atoms with E-state index in [0.29, 0.717) is 26.2 Å². The molecule has 0 atom stereocenters. The SMILES string of the molecule is CC(C)C(=O)N1CCN(C(=O)c2csc(Br)c2)CC1. The fourth-order valence-electron chi connectivity index (χ4n) is 2.10. The van der Waals surface area contributed by atoms with E-state index in [2.05, 4.69) is 15.9 Å². The molecule has 0 radical (unpaired) electrons. The second-order valence-electron chi connectivity index (χ2n) is 4.91. The molecule has 1 fully saturated rings. The van der Waals surface area contributed by atoms with Gasteiger partial charge in [0.15, 0.2) is 0 Å². The fourth-order valence-corrected chi connectivity index (χ4v) is 3.23. The van der Waals surface area contributed by atoms with Crippen LogP contribution in [0.4, 0.5) is 0 Å². The van der Waals surface area contributed by atoms with Crippen molar-refractivity contribution >= 4 is 39.1 Å². The van der Waals surface area contributed by atoms with Crippen LogP contribution in [-0.4, -0.2) is 47.8 Å². The maximum atomic E-state index is 12.2. The number of nitrogens with zero attached hydrogens (tertiary/aromatic N) is 2. The van der Waals surface area contributed by atoms with E-state index in [0.717, 1.165) is 9.35 Å². The van der Waals surface area contributed by atoms with Gasteiger partial charge in [0.2, 0.25) is 5.91 Å². The lowest BCUT2D eigenvalue weighted by Gasteiger charge is -2.35. The largest absolute Gasteiger partial charge is 0.339 e. The molecule has 6 heteroatoms. The highest BCUT2D eigenvalue weighted by Gasteiger charge is 2.26. The summed E-state index contributed by atoms with van der Waals surface area (Å²) >= 11 is 4.87. The number of hydrogen-bond acceptors (Lipinski definition) is 3. The van der Waals surface area contributed by atoms with E-state index in [1.807, 2.05) is 35.1 Å². The van der Waals surface area contributed by atoms with Crippen molar-refractivity contribution in [2.75, 3.05) is 26.2 Å². The van der Waals surface area contributed by atoms with Crippen molar-refractivity contribution in [1.82, 2.24) is 9.80 Å². The summed E-state index contributed by atoms with van der Waals surface area (Å²) in [5.74, 6) is 0.249. The predicted octanol–water partition coefficient (Wildman–Crippen LogP) is 2.45. The minimum absolute atomic E-state index is 0.0232. The number of carbonyl (C=O) groups is 2. The Labute approximate surface area is 125 Å². The number of piperazine rings is 1. The van der Waals surface area contributed by atoms with Crippen LogP contribution in [0.1, 0.15) is 24.2 Å². The molecule has 2 rings (SSSR count). The monoisotopic (exact) mass is 344 g/mol. The Bertz CT molecular complexity index is 479. The van der Waals surface area contributed by atoms with Crippen LogP contribution in [0.5, 0.6) is 0 Å². The molecule has 1 aromatic rings. The number of thiophene rings is 1. The average Bonchev–Trinajstić information content (AvgIpc) is 2.84. The standard InChI is InChI=1S/C13H17BrN2O2S/c1-9(2)12(17)15-3-5-16(6-4-15)13(18)10-7-11(14)19-8-10/h7-9H,3-6H2,1-2H3. The fraction of sp³-hybridized carbons (Fsp3) is 0.538. The lowest BCUT2D eigenvalue weighted by Crippen LogP contribution is -2.51. The predicted molar refractivity (Wildman–Crippen MR) is 79.3 cm³/mol. The zero-order valence-corrected chi connectivity index (χ0v) is 13.5. The molecular formula is C13H17BrN2O2S. The topological polar surface area (TPSA) is 40.6 Å². The quantitative estimate of drug-likeness (QED) is 0.826. The van der Waals surface area contributed by atoms with Crippen LogP contribution in [0.3, 0.4) is 0 Å². The van der Waals surface area contributed by atoms with Gasteiger partial charge in [-0.3, -0.25) is 9.59 Å². The van der Waals surface area contributed by atoms with Gasteiger partial charge in [0, 0.05) is 37.5 Å². The zero-order valence-electron chi connectivity index (χ0n) is 11.1. The second kappa shape index (κ2) is 6.05. The lowest BCUT2D eigenvalue weighted by atomic mass is 10.1. The first-order chi connectivity index (χ1) is 8.99. The maximum absolute atomic E-state index is 12.2. The van der Waals surface area contributed by atoms with Crippen molar-refractivity contribution in [3.05, 3.63) is 20.8 Å². The van der Waals surface area contributed by atoms with Gasteiger partial charge < -0.3 is 9.80 Å². The van der Waals surface area contributed by atoms with Crippen LogP contribution >= 0.6 is 27.3 Å². The highest BCUT2D eigenvalue weighted by Crippen LogP contribution is 2.22. The van der Waals surface area contributed by atoms with Crippen molar-refractivity contribution in [3.8, 4) is 0 Å². The number of rotatable bonds is 2. The summed E-state index contributed by atoms with van der Waals surface area (Å²) in [6.07, 6.45) is 0. The van der Waals surface area contributed by atoms with Crippen LogP contribution in [0.2, 0.25) is 0 Å². The van der Waals surface area contributed by atoms with Gasteiger partial charge in [-0.1, -0.05) is 13.8 Å². The molecular weight excluding hydrogens is 328 g/mol. The van der Waals surface area contributed by atoms with Crippen LogP contribution in [0.15, 0.2) is 15.2 Å². The highest BCUT2D eigenvalue weighted by atomic mass is 79.9. The Morgan fingerprint density at radius 1 is 1.21 bits per heavy atom. The van der Waals surface area contributed by atoms with E-state index < -0.39 is 0 Å². The maximum Gasteiger partial charge on any atom is 0.254 e. The summed E-state index contributed by atoms with van der Waals surface area (Å²) in [7, 11) is 0. The Balaban J connectivity index is 1.93. The summed E-state index contributed by atoms with van der Waals surface area (Å²) in [5, 5.41) is 1.86. The van der Waals surface area contributed by atoms with E-state index in [1.54, 1.807) is 0 Å². The van der Waals surface area contributed by atoms with Crippen molar-refractivity contribution in [2.45, 2.75) is 13.8 Å². The first kappa shape index (κ1) is 14.5. The third-order valence-electron chi connectivity index (χ3n) is 3.19. The normalized spacial score (nSPS) is 16.0. The number of carbonyl (C=O) groups excluding carboxylic acids is 2. The molecule has 2 heterocycles. The minimum Gasteiger partial charge on any atom is -0.339 e. The lowest BCUT2D eigenvalue weighted by molar-refractivity contribution is -0.135. The van der Waals surface area contributed by atoms with Crippen LogP contribution in [0.25, 0.3) is 0 Å². The first-order valence-electron chi connectivity index (χ1n) is 6.31. The Kier molecular flexibility index (Phi) is 4.62. The molecule has 0 N–H and O–H groups in total. The van der Waals surface area contributed by atoms with E-state index in [4.69, 9.17) is 0 Å². The van der Waals surface area contributed by atoms with Gasteiger partial charge in [0.05, 0.1) is 9.35 Å². The second-order valence-corrected chi connectivity index (χ2v) is 7.20. The Morgan fingerprint density at radius 3 is 2.26 bits per heavy atom. The van der Waals surface area contributed by atoms with Crippen molar-refractivity contribution in [3.63, 3.8) is 0 Å². The van der Waals surface area contributed by atoms with Gasteiger partial charge >= 0.3 is 0 Å². The molecule has 4 nitrogen and oxygen atoms in total. The van der Waals surface area contributed by atoms with Gasteiger partial charge in [-0.05, 0) is 22.0 Å².